The molecule has 3 N–H and O–H groups in total. The Hall–Kier alpha value is -3.20. The SMILES string of the molecule is CO[C@@H]1[C@@H](n2cc(-c3ccc(C)c(F)c3F)nn2)[C@@H](O)[C@@H](CO)O[C@@H]1CC1=NOC2(CCCN(C(=O)O)CC2)C1. The number of methoxy groups -OCH3 is 1. The summed E-state index contributed by atoms with van der Waals surface area (Å²) in [7, 11) is 1.45. The van der Waals surface area contributed by atoms with Crippen molar-refractivity contribution >= 4 is 11.8 Å². The van der Waals surface area contributed by atoms with Crippen LogP contribution in [0.15, 0.2) is 23.5 Å². The van der Waals surface area contributed by atoms with Gasteiger partial charge in [0.1, 0.15) is 35.6 Å². The number of carboxylic acid groups (broad SMARTS) is 1. The van der Waals surface area contributed by atoms with E-state index in [1.165, 1.54) is 41.9 Å². The van der Waals surface area contributed by atoms with E-state index in [-0.39, 0.29) is 23.2 Å². The summed E-state index contributed by atoms with van der Waals surface area (Å²) in [5.74, 6) is -2.03. The minimum absolute atomic E-state index is 0.0707. The molecule has 3 aliphatic rings. The van der Waals surface area contributed by atoms with Gasteiger partial charge in [-0.25, -0.2) is 18.3 Å². The summed E-state index contributed by atoms with van der Waals surface area (Å²) in [6, 6.07) is 1.98. The van der Waals surface area contributed by atoms with Gasteiger partial charge in [-0.15, -0.1) is 5.10 Å². The molecule has 0 saturated carbocycles. The number of hydrogen-bond acceptors (Lipinski definition) is 9. The number of halogens is 2. The molecule has 0 aliphatic carbocycles. The van der Waals surface area contributed by atoms with Crippen molar-refractivity contribution in [2.45, 2.75) is 75.1 Å². The highest BCUT2D eigenvalue weighted by Gasteiger charge is 2.49. The summed E-state index contributed by atoms with van der Waals surface area (Å²) in [5.41, 5.74) is 0.249. The van der Waals surface area contributed by atoms with Crippen molar-refractivity contribution in [1.29, 1.82) is 0 Å². The van der Waals surface area contributed by atoms with Crippen molar-refractivity contribution in [3.63, 3.8) is 0 Å². The molecule has 218 valence electrons. The number of aromatic nitrogens is 3. The summed E-state index contributed by atoms with van der Waals surface area (Å²) in [6.45, 7) is 1.75. The highest BCUT2D eigenvalue weighted by Crippen LogP contribution is 2.39. The minimum atomic E-state index is -1.25. The highest BCUT2D eigenvalue weighted by molar-refractivity contribution is 5.86. The normalized spacial score (nSPS) is 30.7. The lowest BCUT2D eigenvalue weighted by molar-refractivity contribution is -0.210. The molecule has 1 amide bonds. The Balaban J connectivity index is 1.35. The summed E-state index contributed by atoms with van der Waals surface area (Å²) in [4.78, 5) is 18.6. The Morgan fingerprint density at radius 1 is 1.23 bits per heavy atom. The molecule has 3 aliphatic heterocycles. The van der Waals surface area contributed by atoms with Crippen LogP contribution in [0.4, 0.5) is 13.6 Å². The van der Waals surface area contributed by atoms with Crippen LogP contribution in [-0.2, 0) is 14.3 Å². The lowest BCUT2D eigenvalue weighted by Crippen LogP contribution is -2.57. The second kappa shape index (κ2) is 11.4. The Labute approximate surface area is 229 Å². The number of nitrogens with zero attached hydrogens (tertiary/aromatic N) is 5. The number of amides is 1. The first-order chi connectivity index (χ1) is 19.2. The second-order valence-electron chi connectivity index (χ2n) is 10.7. The van der Waals surface area contributed by atoms with Crippen molar-refractivity contribution in [1.82, 2.24) is 19.9 Å². The molecule has 6 atom stereocenters. The van der Waals surface area contributed by atoms with Gasteiger partial charge in [0.15, 0.2) is 11.6 Å². The summed E-state index contributed by atoms with van der Waals surface area (Å²) in [5, 5.41) is 42.8. The van der Waals surface area contributed by atoms with Crippen LogP contribution in [-0.4, -0.2) is 104 Å². The molecule has 5 rings (SSSR count). The van der Waals surface area contributed by atoms with E-state index in [1.807, 2.05) is 0 Å². The van der Waals surface area contributed by atoms with Crippen LogP contribution >= 0.6 is 0 Å². The van der Waals surface area contributed by atoms with Crippen LogP contribution in [0, 0.1) is 18.6 Å². The highest BCUT2D eigenvalue weighted by atomic mass is 19.2. The number of benzene rings is 1. The minimum Gasteiger partial charge on any atom is -0.465 e. The molecule has 40 heavy (non-hydrogen) atoms. The lowest BCUT2D eigenvalue weighted by atomic mass is 9.85. The van der Waals surface area contributed by atoms with E-state index in [1.54, 1.807) is 0 Å². The van der Waals surface area contributed by atoms with Crippen LogP contribution in [0.1, 0.15) is 43.7 Å². The van der Waals surface area contributed by atoms with Crippen molar-refractivity contribution in [3.8, 4) is 11.3 Å². The third-order valence-corrected chi connectivity index (χ3v) is 8.10. The number of aryl methyl sites for hydroxylation is 1. The van der Waals surface area contributed by atoms with Gasteiger partial charge in [-0.1, -0.05) is 16.4 Å². The number of likely N-dealkylation sites (tertiary alicyclic amines) is 1. The zero-order valence-corrected chi connectivity index (χ0v) is 22.2. The lowest BCUT2D eigenvalue weighted by Gasteiger charge is -2.43. The van der Waals surface area contributed by atoms with Gasteiger partial charge in [0.2, 0.25) is 0 Å². The molecule has 0 bridgehead atoms. The summed E-state index contributed by atoms with van der Waals surface area (Å²) >= 11 is 0. The van der Waals surface area contributed by atoms with E-state index in [2.05, 4.69) is 15.5 Å². The van der Waals surface area contributed by atoms with Crippen LogP contribution < -0.4 is 0 Å². The average molecular weight is 566 g/mol. The number of aliphatic hydroxyl groups is 2. The molecule has 1 spiro atoms. The van der Waals surface area contributed by atoms with Gasteiger partial charge >= 0.3 is 6.09 Å². The fraction of sp³-hybridized carbons (Fsp3) is 0.615. The summed E-state index contributed by atoms with van der Waals surface area (Å²) in [6.07, 6.45) is -0.684. The molecule has 2 fully saturated rings. The third kappa shape index (κ3) is 5.28. The average Bonchev–Trinajstić information content (AvgIpc) is 3.51. The summed E-state index contributed by atoms with van der Waals surface area (Å²) < 4.78 is 41.9. The number of carbonyl (C=O) groups is 1. The van der Waals surface area contributed by atoms with Crippen molar-refractivity contribution in [2.75, 3.05) is 26.8 Å². The third-order valence-electron chi connectivity index (χ3n) is 8.10. The maximum Gasteiger partial charge on any atom is 0.407 e. The van der Waals surface area contributed by atoms with E-state index in [4.69, 9.17) is 14.3 Å². The van der Waals surface area contributed by atoms with Gasteiger partial charge in [-0.3, -0.25) is 0 Å². The second-order valence-corrected chi connectivity index (χ2v) is 10.7. The quantitative estimate of drug-likeness (QED) is 0.479. The van der Waals surface area contributed by atoms with Crippen molar-refractivity contribution in [3.05, 3.63) is 35.5 Å². The first-order valence-corrected chi connectivity index (χ1v) is 13.2. The fourth-order valence-electron chi connectivity index (χ4n) is 5.89. The zero-order chi connectivity index (χ0) is 28.6. The number of oxime groups is 1. The van der Waals surface area contributed by atoms with Crippen LogP contribution in [0.3, 0.4) is 0 Å². The van der Waals surface area contributed by atoms with Crippen LogP contribution in [0.2, 0.25) is 0 Å². The molecule has 1 aromatic heterocycles. The van der Waals surface area contributed by atoms with E-state index in [9.17, 15) is 28.9 Å². The molecule has 0 radical (unpaired) electrons. The number of rotatable bonds is 6. The van der Waals surface area contributed by atoms with Gasteiger partial charge in [0, 0.05) is 45.0 Å². The standard InChI is InChI=1S/C26H33F2N5O7/c1-14-4-5-16(21(28)20(14)27)17-12-33(31-29-17)22-23(35)19(13-34)39-18(24(22)38-2)10-15-11-26(40-30-15)6-3-8-32(9-7-26)25(36)37/h4-5,12,18-19,22-24,34-35H,3,6-11,13H2,1-2H3,(H,36,37)/t18-,19-,22+,23+,24+,26?/m1/s1. The van der Waals surface area contributed by atoms with Crippen molar-refractivity contribution in [2.24, 2.45) is 5.16 Å². The number of ether oxygens (including phenoxy) is 2. The maximum atomic E-state index is 14.6. The van der Waals surface area contributed by atoms with Crippen LogP contribution in [0.25, 0.3) is 11.3 Å². The molecule has 12 nitrogen and oxygen atoms in total. The zero-order valence-electron chi connectivity index (χ0n) is 22.2. The number of hydrogen-bond donors (Lipinski definition) is 3. The monoisotopic (exact) mass is 565 g/mol. The molecule has 1 unspecified atom stereocenters. The Bertz CT molecular complexity index is 1280. The Kier molecular flexibility index (Phi) is 8.04. The van der Waals surface area contributed by atoms with Gasteiger partial charge in [0.05, 0.1) is 24.6 Å². The van der Waals surface area contributed by atoms with E-state index in [0.717, 1.165) is 0 Å². The maximum absolute atomic E-state index is 14.6. The predicted molar refractivity (Wildman–Crippen MR) is 136 cm³/mol. The molecular weight excluding hydrogens is 532 g/mol. The Morgan fingerprint density at radius 3 is 2.75 bits per heavy atom. The molecule has 1 aromatic carbocycles. The largest absolute Gasteiger partial charge is 0.465 e. The Morgan fingerprint density at radius 2 is 2.02 bits per heavy atom. The molecule has 2 aromatic rings. The molecule has 14 heteroatoms. The van der Waals surface area contributed by atoms with Gasteiger partial charge in [0.25, 0.3) is 0 Å². The fourth-order valence-corrected chi connectivity index (χ4v) is 5.89. The number of aliphatic hydroxyl groups excluding tert-OH is 2. The van der Waals surface area contributed by atoms with E-state index >= 15 is 0 Å². The molecule has 4 heterocycles. The molecular formula is C26H33F2N5O7. The van der Waals surface area contributed by atoms with Gasteiger partial charge in [-0.2, -0.15) is 0 Å². The molecule has 2 saturated heterocycles. The van der Waals surface area contributed by atoms with E-state index < -0.39 is 60.4 Å². The van der Waals surface area contributed by atoms with E-state index in [0.29, 0.717) is 44.5 Å². The smallest absolute Gasteiger partial charge is 0.407 e. The first kappa shape index (κ1) is 28.3. The topological polar surface area (TPSA) is 152 Å². The first-order valence-electron chi connectivity index (χ1n) is 13.2. The predicted octanol–water partition coefficient (Wildman–Crippen LogP) is 2.28. The van der Waals surface area contributed by atoms with Gasteiger partial charge < -0.3 is 34.5 Å². The van der Waals surface area contributed by atoms with Gasteiger partial charge in [-0.05, 0) is 31.4 Å². The van der Waals surface area contributed by atoms with Crippen molar-refractivity contribution < 1.29 is 43.2 Å². The van der Waals surface area contributed by atoms with Crippen LogP contribution in [0.5, 0.6) is 0 Å².